The van der Waals surface area contributed by atoms with E-state index in [0.29, 0.717) is 16.7 Å². The highest BCUT2D eigenvalue weighted by atomic mass is 32.1. The molecule has 0 bridgehead atoms. The molecule has 1 aliphatic rings. The quantitative estimate of drug-likeness (QED) is 0.501. The van der Waals surface area contributed by atoms with Crippen LogP contribution in [0.25, 0.3) is 0 Å². The Hall–Kier alpha value is -2.90. The van der Waals surface area contributed by atoms with Crippen molar-refractivity contribution in [2.45, 2.75) is 38.1 Å². The van der Waals surface area contributed by atoms with E-state index in [0.717, 1.165) is 48.6 Å². The molecule has 33 heavy (non-hydrogen) atoms. The van der Waals surface area contributed by atoms with Crippen molar-refractivity contribution in [2.75, 3.05) is 37.9 Å². The highest BCUT2D eigenvalue weighted by Gasteiger charge is 2.26. The second kappa shape index (κ2) is 9.93. The molecule has 0 atom stereocenters. The molecule has 4 rings (SSSR count). The van der Waals surface area contributed by atoms with E-state index in [9.17, 15) is 4.79 Å². The van der Waals surface area contributed by atoms with Gasteiger partial charge in [0, 0.05) is 28.1 Å². The Morgan fingerprint density at radius 2 is 1.76 bits per heavy atom. The summed E-state index contributed by atoms with van der Waals surface area (Å²) in [6.07, 6.45) is 2.27. The van der Waals surface area contributed by atoms with Gasteiger partial charge in [0.25, 0.3) is 5.91 Å². The number of anilines is 2. The van der Waals surface area contributed by atoms with E-state index in [1.165, 1.54) is 11.3 Å². The number of hydrogen-bond donors (Lipinski definition) is 2. The molecule has 1 aliphatic heterocycles. The molecule has 0 saturated carbocycles. The van der Waals surface area contributed by atoms with E-state index in [4.69, 9.17) is 9.72 Å². The lowest BCUT2D eigenvalue weighted by Gasteiger charge is -2.30. The van der Waals surface area contributed by atoms with Crippen molar-refractivity contribution < 1.29 is 9.53 Å². The van der Waals surface area contributed by atoms with Gasteiger partial charge in [-0.1, -0.05) is 26.0 Å². The zero-order valence-corrected chi connectivity index (χ0v) is 20.5. The first-order chi connectivity index (χ1) is 15.8. The van der Waals surface area contributed by atoms with Crippen molar-refractivity contribution in [1.29, 1.82) is 0 Å². The Balaban J connectivity index is 1.37. The van der Waals surface area contributed by atoms with Gasteiger partial charge in [-0.3, -0.25) is 10.1 Å². The number of benzene rings is 2. The zero-order valence-electron chi connectivity index (χ0n) is 19.7. The molecule has 0 spiro atoms. The second-order valence-electron chi connectivity index (χ2n) is 9.14. The minimum Gasteiger partial charge on any atom is -0.497 e. The molecule has 2 heterocycles. The van der Waals surface area contributed by atoms with Crippen LogP contribution < -0.4 is 15.4 Å². The van der Waals surface area contributed by atoms with Gasteiger partial charge < -0.3 is 15.0 Å². The number of rotatable bonds is 7. The fourth-order valence-electron chi connectivity index (χ4n) is 4.05. The van der Waals surface area contributed by atoms with Crippen molar-refractivity contribution in [3.63, 3.8) is 0 Å². The number of nitrogens with zero attached hydrogens (tertiary/aromatic N) is 2. The third-order valence-electron chi connectivity index (χ3n) is 6.41. The predicted octanol–water partition coefficient (Wildman–Crippen LogP) is 5.24. The normalized spacial score (nSPS) is 15.3. The third-order valence-corrected chi connectivity index (χ3v) is 7.17. The first-order valence-electron chi connectivity index (χ1n) is 11.3. The lowest BCUT2D eigenvalue weighted by molar-refractivity contribution is 0.102. The summed E-state index contributed by atoms with van der Waals surface area (Å²) >= 11 is 1.44. The van der Waals surface area contributed by atoms with Gasteiger partial charge in [0.15, 0.2) is 5.13 Å². The minimum atomic E-state index is -0.285. The largest absolute Gasteiger partial charge is 0.497 e. The Kier molecular flexibility index (Phi) is 7.00. The Morgan fingerprint density at radius 1 is 1.09 bits per heavy atom. The summed E-state index contributed by atoms with van der Waals surface area (Å²) in [6.45, 7) is 6.49. The molecule has 1 amide bonds. The van der Waals surface area contributed by atoms with Crippen LogP contribution in [0.2, 0.25) is 0 Å². The number of amides is 1. The maximum Gasteiger partial charge on any atom is 0.257 e. The third kappa shape index (κ3) is 5.54. The molecule has 2 aromatic carbocycles. The second-order valence-corrected chi connectivity index (χ2v) is 10.0. The lowest BCUT2D eigenvalue weighted by Crippen LogP contribution is -2.36. The number of hydrogen-bond acceptors (Lipinski definition) is 6. The van der Waals surface area contributed by atoms with Crippen molar-refractivity contribution >= 4 is 28.1 Å². The van der Waals surface area contributed by atoms with Crippen molar-refractivity contribution in [3.05, 3.63) is 70.7 Å². The van der Waals surface area contributed by atoms with E-state index in [-0.39, 0.29) is 11.3 Å². The van der Waals surface area contributed by atoms with E-state index in [1.54, 1.807) is 7.11 Å². The van der Waals surface area contributed by atoms with Crippen molar-refractivity contribution in [1.82, 2.24) is 9.88 Å². The van der Waals surface area contributed by atoms with Crippen LogP contribution in [0, 0.1) is 0 Å². The highest BCUT2D eigenvalue weighted by Crippen LogP contribution is 2.34. The summed E-state index contributed by atoms with van der Waals surface area (Å²) in [5, 5.41) is 9.14. The Morgan fingerprint density at radius 3 is 2.39 bits per heavy atom. The number of nitrogens with one attached hydrogen (secondary N) is 2. The monoisotopic (exact) mass is 464 g/mol. The van der Waals surface area contributed by atoms with Gasteiger partial charge in [-0.2, -0.15) is 0 Å². The molecule has 2 N–H and O–H groups in total. The molecule has 6 nitrogen and oxygen atoms in total. The number of ether oxygens (including phenoxy) is 1. The molecule has 7 heteroatoms. The zero-order chi connectivity index (χ0) is 23.4. The molecule has 0 radical (unpaired) electrons. The summed E-state index contributed by atoms with van der Waals surface area (Å²) < 4.78 is 5.26. The van der Waals surface area contributed by atoms with Crippen LogP contribution in [0.3, 0.4) is 0 Å². The van der Waals surface area contributed by atoms with Gasteiger partial charge >= 0.3 is 0 Å². The standard InChI is InChI=1S/C26H32N4O2S/c1-26(2,19-7-11-22(32-4)12-8-19)23-17-33-25(28-23)29-24(31)18-5-9-20(10-6-18)27-21-13-15-30(3)16-14-21/h5-12,17,21,27H,13-16H2,1-4H3,(H,28,29,31). The molecule has 174 valence electrons. The molecule has 1 aromatic heterocycles. The van der Waals surface area contributed by atoms with Gasteiger partial charge in [0.05, 0.1) is 12.8 Å². The number of carbonyl (C=O) groups excluding carboxylic acids is 1. The number of piperidine rings is 1. The van der Waals surface area contributed by atoms with Crippen LogP contribution in [0.4, 0.5) is 10.8 Å². The van der Waals surface area contributed by atoms with E-state index in [1.807, 2.05) is 41.8 Å². The molecule has 0 aliphatic carbocycles. The summed E-state index contributed by atoms with van der Waals surface area (Å²) in [5.41, 5.74) is 3.45. The first-order valence-corrected chi connectivity index (χ1v) is 12.2. The minimum absolute atomic E-state index is 0.149. The SMILES string of the molecule is COc1ccc(C(C)(C)c2csc(NC(=O)c3ccc(NC4CCN(C)CC4)cc3)n2)cc1. The number of methoxy groups -OCH3 is 1. The van der Waals surface area contributed by atoms with Crippen LogP contribution in [0.5, 0.6) is 5.75 Å². The molecular formula is C26H32N4O2S. The van der Waals surface area contributed by atoms with Gasteiger partial charge in [-0.05, 0) is 74.9 Å². The maximum absolute atomic E-state index is 12.8. The topological polar surface area (TPSA) is 66.5 Å². The predicted molar refractivity (Wildman–Crippen MR) is 136 cm³/mol. The first kappa shape index (κ1) is 23.3. The molecule has 1 fully saturated rings. The van der Waals surface area contributed by atoms with Crippen LogP contribution in [-0.2, 0) is 5.41 Å². The summed E-state index contributed by atoms with van der Waals surface area (Å²) in [5.74, 6) is 0.678. The van der Waals surface area contributed by atoms with Crippen molar-refractivity contribution in [2.24, 2.45) is 0 Å². The molecule has 3 aromatic rings. The number of likely N-dealkylation sites (tertiary alicyclic amines) is 1. The van der Waals surface area contributed by atoms with E-state index < -0.39 is 0 Å². The van der Waals surface area contributed by atoms with Gasteiger partial charge in [-0.25, -0.2) is 4.98 Å². The smallest absolute Gasteiger partial charge is 0.257 e. The number of aromatic nitrogens is 1. The average Bonchev–Trinajstić information content (AvgIpc) is 3.30. The molecular weight excluding hydrogens is 432 g/mol. The molecule has 1 saturated heterocycles. The van der Waals surface area contributed by atoms with Crippen LogP contribution in [-0.4, -0.2) is 49.1 Å². The van der Waals surface area contributed by atoms with Crippen molar-refractivity contribution in [3.8, 4) is 5.75 Å². The van der Waals surface area contributed by atoms with Gasteiger partial charge in [-0.15, -0.1) is 11.3 Å². The van der Waals surface area contributed by atoms with E-state index in [2.05, 4.69) is 48.6 Å². The Bertz CT molecular complexity index is 1070. The summed E-state index contributed by atoms with van der Waals surface area (Å²) in [7, 11) is 3.82. The van der Waals surface area contributed by atoms with Crippen LogP contribution >= 0.6 is 11.3 Å². The Labute approximate surface area is 200 Å². The fourth-order valence-corrected chi connectivity index (χ4v) is 4.92. The number of thiazole rings is 1. The van der Waals surface area contributed by atoms with E-state index >= 15 is 0 Å². The average molecular weight is 465 g/mol. The van der Waals surface area contributed by atoms with Crippen LogP contribution in [0.1, 0.15) is 48.3 Å². The molecule has 0 unspecified atom stereocenters. The summed E-state index contributed by atoms with van der Waals surface area (Å²) in [4.78, 5) is 19.8. The highest BCUT2D eigenvalue weighted by molar-refractivity contribution is 7.14. The summed E-state index contributed by atoms with van der Waals surface area (Å²) in [6, 6.07) is 16.2. The lowest BCUT2D eigenvalue weighted by atomic mass is 9.82. The van der Waals surface area contributed by atoms with Crippen LogP contribution in [0.15, 0.2) is 53.9 Å². The fraction of sp³-hybridized carbons (Fsp3) is 0.385. The van der Waals surface area contributed by atoms with Gasteiger partial charge in [0.2, 0.25) is 0 Å². The van der Waals surface area contributed by atoms with Gasteiger partial charge in [0.1, 0.15) is 5.75 Å². The maximum atomic E-state index is 12.8. The number of carbonyl (C=O) groups is 1.